The van der Waals surface area contributed by atoms with Crippen LogP contribution >= 0.6 is 0 Å². The van der Waals surface area contributed by atoms with Crippen molar-refractivity contribution in [3.8, 4) is 0 Å². The monoisotopic (exact) mass is 344 g/mol. The Balaban J connectivity index is 1.60. The van der Waals surface area contributed by atoms with Gasteiger partial charge in [0.25, 0.3) is 0 Å². The molecule has 25 heavy (non-hydrogen) atoms. The van der Waals surface area contributed by atoms with Crippen molar-refractivity contribution >= 4 is 5.96 Å². The van der Waals surface area contributed by atoms with Crippen LogP contribution in [0.2, 0.25) is 0 Å². The van der Waals surface area contributed by atoms with Crippen LogP contribution in [-0.4, -0.2) is 23.7 Å². The van der Waals surface area contributed by atoms with Crippen LogP contribution in [0.15, 0.2) is 32.3 Å². The van der Waals surface area contributed by atoms with Gasteiger partial charge in [0.2, 0.25) is 0 Å². The summed E-state index contributed by atoms with van der Waals surface area (Å²) in [5.41, 5.74) is 1.98. The molecule has 2 aromatic heterocycles. The Morgan fingerprint density at radius 2 is 2.12 bits per heavy atom. The zero-order valence-corrected chi connectivity index (χ0v) is 15.2. The zero-order valence-electron chi connectivity index (χ0n) is 15.2. The van der Waals surface area contributed by atoms with E-state index in [1.165, 1.54) is 32.1 Å². The lowest BCUT2D eigenvalue weighted by atomic mass is 9.96. The molecule has 0 radical (unpaired) electrons. The van der Waals surface area contributed by atoms with Crippen molar-refractivity contribution < 1.29 is 8.94 Å². The molecule has 2 N–H and O–H groups in total. The summed E-state index contributed by atoms with van der Waals surface area (Å²) in [5.74, 6) is 2.68. The summed E-state index contributed by atoms with van der Waals surface area (Å²) in [6.45, 7) is 5.25. The molecule has 2 aromatic rings. The fraction of sp³-hybridized carbons (Fsp3) is 0.579. The Bertz CT molecular complexity index is 650. The van der Waals surface area contributed by atoms with E-state index in [0.29, 0.717) is 12.6 Å². The number of hydrogen-bond donors (Lipinski definition) is 2. The van der Waals surface area contributed by atoms with E-state index < -0.39 is 0 Å². The number of aliphatic imine (C=N–C) groups is 1. The molecule has 3 rings (SSSR count). The summed E-state index contributed by atoms with van der Waals surface area (Å²) in [7, 11) is 0. The van der Waals surface area contributed by atoms with E-state index in [2.05, 4.69) is 15.8 Å². The highest BCUT2D eigenvalue weighted by Crippen LogP contribution is 2.17. The van der Waals surface area contributed by atoms with Crippen molar-refractivity contribution in [2.75, 3.05) is 6.54 Å². The summed E-state index contributed by atoms with van der Waals surface area (Å²) in [6.07, 6.45) is 8.90. The number of guanidine groups is 1. The zero-order chi connectivity index (χ0) is 17.5. The van der Waals surface area contributed by atoms with Gasteiger partial charge in [-0.1, -0.05) is 24.4 Å². The van der Waals surface area contributed by atoms with E-state index in [4.69, 9.17) is 13.9 Å². The molecule has 0 saturated heterocycles. The van der Waals surface area contributed by atoms with Gasteiger partial charge in [0.15, 0.2) is 5.96 Å². The van der Waals surface area contributed by atoms with Gasteiger partial charge in [-0.25, -0.2) is 4.99 Å². The molecule has 6 heteroatoms. The Labute approximate surface area is 149 Å². The maximum atomic E-state index is 5.39. The highest BCUT2D eigenvalue weighted by molar-refractivity contribution is 5.80. The highest BCUT2D eigenvalue weighted by Gasteiger charge is 2.15. The van der Waals surface area contributed by atoms with Crippen LogP contribution in [0, 0.1) is 13.8 Å². The van der Waals surface area contributed by atoms with Gasteiger partial charge < -0.3 is 19.6 Å². The Morgan fingerprint density at radius 3 is 2.80 bits per heavy atom. The van der Waals surface area contributed by atoms with Gasteiger partial charge in [0, 0.05) is 24.6 Å². The van der Waals surface area contributed by atoms with Crippen molar-refractivity contribution in [1.29, 1.82) is 0 Å². The third-order valence-corrected chi connectivity index (χ3v) is 4.77. The lowest BCUT2D eigenvalue weighted by Gasteiger charge is -2.25. The molecule has 1 aliphatic carbocycles. The molecule has 1 saturated carbocycles. The Hall–Kier alpha value is -2.24. The van der Waals surface area contributed by atoms with Gasteiger partial charge in [-0.15, -0.1) is 0 Å². The first-order chi connectivity index (χ1) is 12.2. The van der Waals surface area contributed by atoms with Crippen LogP contribution in [0.1, 0.15) is 54.9 Å². The SMILES string of the molecule is Cc1noc(C)c1CN=C(NCCc1ccco1)NC1CCCCC1. The molecule has 136 valence electrons. The number of aromatic nitrogens is 1. The van der Waals surface area contributed by atoms with Crippen LogP contribution in [-0.2, 0) is 13.0 Å². The average molecular weight is 344 g/mol. The van der Waals surface area contributed by atoms with Gasteiger partial charge in [-0.2, -0.15) is 0 Å². The van der Waals surface area contributed by atoms with Crippen molar-refractivity contribution in [1.82, 2.24) is 15.8 Å². The van der Waals surface area contributed by atoms with Gasteiger partial charge >= 0.3 is 0 Å². The summed E-state index contributed by atoms with van der Waals surface area (Å²) in [5, 5.41) is 11.0. The first kappa shape index (κ1) is 17.6. The van der Waals surface area contributed by atoms with Gasteiger partial charge in [-0.05, 0) is 38.8 Å². The molecule has 0 bridgehead atoms. The summed E-state index contributed by atoms with van der Waals surface area (Å²) >= 11 is 0. The minimum absolute atomic E-state index is 0.508. The normalized spacial score (nSPS) is 16.2. The topological polar surface area (TPSA) is 75.6 Å². The molecule has 0 spiro atoms. The third kappa shape index (κ3) is 5.11. The maximum Gasteiger partial charge on any atom is 0.191 e. The second kappa shape index (κ2) is 8.74. The number of hydrogen-bond acceptors (Lipinski definition) is 4. The van der Waals surface area contributed by atoms with Gasteiger partial charge in [0.1, 0.15) is 11.5 Å². The average Bonchev–Trinajstić information content (AvgIpc) is 3.24. The number of rotatable bonds is 6. The van der Waals surface area contributed by atoms with E-state index in [9.17, 15) is 0 Å². The molecule has 1 fully saturated rings. The molecule has 0 aromatic carbocycles. The standard InChI is InChI=1S/C19H28N4O2/c1-14-18(15(2)25-23-14)13-21-19(22-16-7-4-3-5-8-16)20-11-10-17-9-6-12-24-17/h6,9,12,16H,3-5,7-8,10-11,13H2,1-2H3,(H2,20,21,22). The predicted molar refractivity (Wildman–Crippen MR) is 97.5 cm³/mol. The molecule has 1 aliphatic rings. The molecule has 0 aliphatic heterocycles. The van der Waals surface area contributed by atoms with Crippen LogP contribution in [0.5, 0.6) is 0 Å². The van der Waals surface area contributed by atoms with Gasteiger partial charge in [0.05, 0.1) is 18.5 Å². The maximum absolute atomic E-state index is 5.39. The highest BCUT2D eigenvalue weighted by atomic mass is 16.5. The lowest BCUT2D eigenvalue weighted by Crippen LogP contribution is -2.44. The van der Waals surface area contributed by atoms with Crippen molar-refractivity contribution in [3.05, 3.63) is 41.2 Å². The molecule has 6 nitrogen and oxygen atoms in total. The molecule has 0 atom stereocenters. The summed E-state index contributed by atoms with van der Waals surface area (Å²) < 4.78 is 10.6. The summed E-state index contributed by atoms with van der Waals surface area (Å²) in [6, 6.07) is 4.42. The van der Waals surface area contributed by atoms with E-state index in [0.717, 1.165) is 41.7 Å². The Kier molecular flexibility index (Phi) is 6.14. The van der Waals surface area contributed by atoms with Crippen LogP contribution < -0.4 is 10.6 Å². The second-order valence-electron chi connectivity index (χ2n) is 6.70. The molecular weight excluding hydrogens is 316 g/mol. The summed E-state index contributed by atoms with van der Waals surface area (Å²) in [4.78, 5) is 4.76. The first-order valence-corrected chi connectivity index (χ1v) is 9.21. The quantitative estimate of drug-likeness (QED) is 0.620. The Morgan fingerprint density at radius 1 is 1.28 bits per heavy atom. The van der Waals surface area contributed by atoms with Crippen molar-refractivity contribution in [3.63, 3.8) is 0 Å². The van der Waals surface area contributed by atoms with E-state index in [-0.39, 0.29) is 0 Å². The van der Waals surface area contributed by atoms with Crippen molar-refractivity contribution in [2.45, 2.75) is 65.0 Å². The third-order valence-electron chi connectivity index (χ3n) is 4.77. The smallest absolute Gasteiger partial charge is 0.191 e. The van der Waals surface area contributed by atoms with E-state index in [1.807, 2.05) is 26.0 Å². The van der Waals surface area contributed by atoms with Gasteiger partial charge in [-0.3, -0.25) is 0 Å². The minimum Gasteiger partial charge on any atom is -0.469 e. The second-order valence-corrected chi connectivity index (χ2v) is 6.70. The van der Waals surface area contributed by atoms with Crippen molar-refractivity contribution in [2.24, 2.45) is 4.99 Å². The van der Waals surface area contributed by atoms with E-state index >= 15 is 0 Å². The molecule has 2 heterocycles. The van der Waals surface area contributed by atoms with Crippen LogP contribution in [0.25, 0.3) is 0 Å². The molecule has 0 amide bonds. The fourth-order valence-corrected chi connectivity index (χ4v) is 3.24. The first-order valence-electron chi connectivity index (χ1n) is 9.21. The van der Waals surface area contributed by atoms with E-state index in [1.54, 1.807) is 6.26 Å². The fourth-order valence-electron chi connectivity index (χ4n) is 3.24. The van der Waals surface area contributed by atoms with Crippen LogP contribution in [0.3, 0.4) is 0 Å². The number of nitrogens with zero attached hydrogens (tertiary/aromatic N) is 2. The largest absolute Gasteiger partial charge is 0.469 e. The van der Waals surface area contributed by atoms with Crippen LogP contribution in [0.4, 0.5) is 0 Å². The number of furan rings is 1. The number of aryl methyl sites for hydroxylation is 2. The molecule has 0 unspecified atom stereocenters. The lowest BCUT2D eigenvalue weighted by molar-refractivity contribution is 0.392. The minimum atomic E-state index is 0.508. The molecular formula is C19H28N4O2. The predicted octanol–water partition coefficient (Wildman–Crippen LogP) is 3.50. The number of nitrogens with one attached hydrogen (secondary N) is 2.